The van der Waals surface area contributed by atoms with Crippen LogP contribution < -0.4 is 9.62 Å². The van der Waals surface area contributed by atoms with Crippen LogP contribution in [0.4, 0.5) is 5.69 Å². The lowest BCUT2D eigenvalue weighted by Crippen LogP contribution is -2.47. The lowest BCUT2D eigenvalue weighted by atomic mass is 10.2. The standard InChI is InChI=1S/C20H22N4O4S/c1-14-8-7-11-17(12-14)24(29(3,26)27)15(2)20(25)21-13-18-22-19(23-28-18)16-9-5-4-6-10-16/h4-12,15H,13H2,1-3H3,(H,21,25). The number of benzene rings is 2. The van der Waals surface area contributed by atoms with Crippen LogP contribution in [-0.4, -0.2) is 36.8 Å². The largest absolute Gasteiger partial charge is 0.345 e. The number of amides is 1. The van der Waals surface area contributed by atoms with Crippen molar-refractivity contribution in [1.29, 1.82) is 0 Å². The van der Waals surface area contributed by atoms with E-state index in [4.69, 9.17) is 4.52 Å². The van der Waals surface area contributed by atoms with Gasteiger partial charge in [0.25, 0.3) is 0 Å². The summed E-state index contributed by atoms with van der Waals surface area (Å²) >= 11 is 0. The van der Waals surface area contributed by atoms with Crippen LogP contribution in [0.5, 0.6) is 0 Å². The van der Waals surface area contributed by atoms with Crippen molar-refractivity contribution in [3.63, 3.8) is 0 Å². The SMILES string of the molecule is Cc1cccc(N(C(C)C(=O)NCc2nc(-c3ccccc3)no2)S(C)(=O)=O)c1. The Kier molecular flexibility index (Phi) is 5.97. The van der Waals surface area contributed by atoms with Crippen LogP contribution in [0.3, 0.4) is 0 Å². The molecule has 8 nitrogen and oxygen atoms in total. The predicted molar refractivity (Wildman–Crippen MR) is 110 cm³/mol. The number of hydrogen-bond acceptors (Lipinski definition) is 6. The number of aryl methyl sites for hydroxylation is 1. The maximum absolute atomic E-state index is 12.6. The smallest absolute Gasteiger partial charge is 0.246 e. The van der Waals surface area contributed by atoms with Gasteiger partial charge in [-0.3, -0.25) is 9.10 Å². The highest BCUT2D eigenvalue weighted by molar-refractivity contribution is 7.92. The summed E-state index contributed by atoms with van der Waals surface area (Å²) < 4.78 is 30.9. The molecule has 0 radical (unpaired) electrons. The number of hydrogen-bond donors (Lipinski definition) is 1. The Morgan fingerprint density at radius 1 is 1.17 bits per heavy atom. The van der Waals surface area contributed by atoms with Crippen LogP contribution in [0.15, 0.2) is 59.1 Å². The molecule has 152 valence electrons. The third-order valence-electron chi connectivity index (χ3n) is 4.26. The first-order valence-electron chi connectivity index (χ1n) is 8.97. The summed E-state index contributed by atoms with van der Waals surface area (Å²) in [7, 11) is -3.67. The molecular formula is C20H22N4O4S. The summed E-state index contributed by atoms with van der Waals surface area (Å²) in [4.78, 5) is 16.9. The number of nitrogens with zero attached hydrogens (tertiary/aromatic N) is 3. The normalized spacial score (nSPS) is 12.4. The van der Waals surface area contributed by atoms with Crippen LogP contribution in [0.1, 0.15) is 18.4 Å². The monoisotopic (exact) mass is 414 g/mol. The molecule has 1 unspecified atom stereocenters. The van der Waals surface area contributed by atoms with Gasteiger partial charge < -0.3 is 9.84 Å². The van der Waals surface area contributed by atoms with E-state index in [0.29, 0.717) is 11.5 Å². The molecule has 3 rings (SSSR count). The molecule has 2 aromatic carbocycles. The highest BCUT2D eigenvalue weighted by atomic mass is 32.2. The van der Waals surface area contributed by atoms with Gasteiger partial charge in [0.15, 0.2) is 0 Å². The van der Waals surface area contributed by atoms with Gasteiger partial charge >= 0.3 is 0 Å². The van der Waals surface area contributed by atoms with Gasteiger partial charge in [0.05, 0.1) is 18.5 Å². The van der Waals surface area contributed by atoms with Gasteiger partial charge in [-0.05, 0) is 31.5 Å². The highest BCUT2D eigenvalue weighted by Gasteiger charge is 2.29. The summed E-state index contributed by atoms with van der Waals surface area (Å²) in [6.07, 6.45) is 1.07. The fourth-order valence-corrected chi connectivity index (χ4v) is 4.08. The lowest BCUT2D eigenvalue weighted by molar-refractivity contribution is -0.122. The maximum Gasteiger partial charge on any atom is 0.246 e. The van der Waals surface area contributed by atoms with Crippen LogP contribution in [-0.2, 0) is 21.4 Å². The van der Waals surface area contributed by atoms with Gasteiger partial charge in [-0.15, -0.1) is 0 Å². The van der Waals surface area contributed by atoms with Gasteiger partial charge in [0, 0.05) is 5.56 Å². The number of rotatable bonds is 7. The molecule has 0 aliphatic rings. The number of aromatic nitrogens is 2. The first-order chi connectivity index (χ1) is 13.8. The average molecular weight is 414 g/mol. The maximum atomic E-state index is 12.6. The van der Waals surface area contributed by atoms with E-state index in [0.717, 1.165) is 21.7 Å². The molecule has 0 saturated carbocycles. The highest BCUT2D eigenvalue weighted by Crippen LogP contribution is 2.22. The van der Waals surface area contributed by atoms with E-state index in [1.165, 1.54) is 6.92 Å². The Morgan fingerprint density at radius 3 is 2.55 bits per heavy atom. The number of nitrogens with one attached hydrogen (secondary N) is 1. The summed E-state index contributed by atoms with van der Waals surface area (Å²) in [5.41, 5.74) is 2.12. The van der Waals surface area contributed by atoms with Gasteiger partial charge in [-0.25, -0.2) is 8.42 Å². The van der Waals surface area contributed by atoms with Crippen molar-refractivity contribution in [2.24, 2.45) is 0 Å². The van der Waals surface area contributed by atoms with Crippen molar-refractivity contribution in [2.45, 2.75) is 26.4 Å². The Labute approximate surface area is 169 Å². The topological polar surface area (TPSA) is 105 Å². The minimum atomic E-state index is -3.67. The molecular weight excluding hydrogens is 392 g/mol. The first-order valence-corrected chi connectivity index (χ1v) is 10.8. The fourth-order valence-electron chi connectivity index (χ4n) is 2.92. The summed E-state index contributed by atoms with van der Waals surface area (Å²) in [5.74, 6) is 0.169. The van der Waals surface area contributed by atoms with E-state index in [1.54, 1.807) is 18.2 Å². The lowest BCUT2D eigenvalue weighted by Gasteiger charge is -2.28. The number of anilines is 1. The molecule has 1 amide bonds. The fraction of sp³-hybridized carbons (Fsp3) is 0.250. The Morgan fingerprint density at radius 2 is 1.90 bits per heavy atom. The second-order valence-electron chi connectivity index (χ2n) is 6.67. The molecule has 0 spiro atoms. The van der Waals surface area contributed by atoms with E-state index in [1.807, 2.05) is 43.3 Å². The second-order valence-corrected chi connectivity index (χ2v) is 8.53. The Bertz CT molecular complexity index is 1100. The minimum absolute atomic E-state index is 0.00553. The van der Waals surface area contributed by atoms with Crippen LogP contribution in [0, 0.1) is 6.92 Å². The van der Waals surface area contributed by atoms with Crippen molar-refractivity contribution in [1.82, 2.24) is 15.5 Å². The molecule has 1 atom stereocenters. The molecule has 0 aliphatic heterocycles. The summed E-state index contributed by atoms with van der Waals surface area (Å²) in [6.45, 7) is 3.38. The Balaban J connectivity index is 1.71. The molecule has 0 aliphatic carbocycles. The number of carbonyl (C=O) groups excluding carboxylic acids is 1. The van der Waals surface area contributed by atoms with E-state index >= 15 is 0 Å². The van der Waals surface area contributed by atoms with Gasteiger partial charge in [-0.1, -0.05) is 47.6 Å². The molecule has 29 heavy (non-hydrogen) atoms. The molecule has 9 heteroatoms. The first kappa shape index (κ1) is 20.5. The van der Waals surface area contributed by atoms with Crippen molar-refractivity contribution < 1.29 is 17.7 Å². The molecule has 3 aromatic rings. The average Bonchev–Trinajstić information content (AvgIpc) is 3.15. The molecule has 0 saturated heterocycles. The number of sulfonamides is 1. The molecule has 1 aromatic heterocycles. The van der Waals surface area contributed by atoms with Gasteiger partial charge in [0.2, 0.25) is 27.6 Å². The quantitative estimate of drug-likeness (QED) is 0.637. The zero-order valence-corrected chi connectivity index (χ0v) is 17.2. The number of carbonyl (C=O) groups is 1. The van der Waals surface area contributed by atoms with Gasteiger partial charge in [-0.2, -0.15) is 4.98 Å². The Hall–Kier alpha value is -3.20. The van der Waals surface area contributed by atoms with Crippen molar-refractivity contribution in [2.75, 3.05) is 10.6 Å². The van der Waals surface area contributed by atoms with Crippen molar-refractivity contribution in [3.8, 4) is 11.4 Å². The molecule has 0 bridgehead atoms. The van der Waals surface area contributed by atoms with Crippen LogP contribution in [0.2, 0.25) is 0 Å². The van der Waals surface area contributed by atoms with Crippen molar-refractivity contribution in [3.05, 3.63) is 66.1 Å². The van der Waals surface area contributed by atoms with Crippen LogP contribution >= 0.6 is 0 Å². The van der Waals surface area contributed by atoms with E-state index in [-0.39, 0.29) is 12.4 Å². The zero-order chi connectivity index (χ0) is 21.0. The molecule has 0 fully saturated rings. The van der Waals surface area contributed by atoms with E-state index in [9.17, 15) is 13.2 Å². The second kappa shape index (κ2) is 8.44. The van der Waals surface area contributed by atoms with Crippen LogP contribution in [0.25, 0.3) is 11.4 Å². The molecule has 1 heterocycles. The van der Waals surface area contributed by atoms with Gasteiger partial charge in [0.1, 0.15) is 6.04 Å². The van der Waals surface area contributed by atoms with E-state index < -0.39 is 22.0 Å². The predicted octanol–water partition coefficient (Wildman–Crippen LogP) is 2.52. The third kappa shape index (κ3) is 5.00. The van der Waals surface area contributed by atoms with E-state index in [2.05, 4.69) is 15.5 Å². The summed E-state index contributed by atoms with van der Waals surface area (Å²) in [6, 6.07) is 15.3. The third-order valence-corrected chi connectivity index (χ3v) is 5.50. The zero-order valence-electron chi connectivity index (χ0n) is 16.4. The minimum Gasteiger partial charge on any atom is -0.345 e. The van der Waals surface area contributed by atoms with Crippen molar-refractivity contribution >= 4 is 21.6 Å². The molecule has 1 N–H and O–H groups in total. The summed E-state index contributed by atoms with van der Waals surface area (Å²) in [5, 5.41) is 6.56.